The van der Waals surface area contributed by atoms with Crippen molar-refractivity contribution in [3.8, 4) is 6.01 Å². The second-order valence-corrected chi connectivity index (χ2v) is 10.7. The molecule has 0 aromatic carbocycles. The van der Waals surface area contributed by atoms with Gasteiger partial charge in [-0.2, -0.15) is 9.97 Å². The Labute approximate surface area is 201 Å². The molecule has 0 N–H and O–H groups in total. The fourth-order valence-electron chi connectivity index (χ4n) is 6.48. The van der Waals surface area contributed by atoms with Crippen LogP contribution in [0.4, 0.5) is 10.2 Å². The molecule has 0 bridgehead atoms. The molecule has 6 rings (SSSR count). The number of pyridine rings is 1. The van der Waals surface area contributed by atoms with Gasteiger partial charge in [-0.25, -0.2) is 4.39 Å². The molecule has 2 aliphatic heterocycles. The number of halogens is 1. The summed E-state index contributed by atoms with van der Waals surface area (Å²) in [6, 6.07) is 0.872. The molecule has 2 atom stereocenters. The van der Waals surface area contributed by atoms with Gasteiger partial charge in [-0.05, 0) is 57.5 Å². The summed E-state index contributed by atoms with van der Waals surface area (Å²) in [6.07, 6.45) is 14.1. The van der Waals surface area contributed by atoms with Crippen molar-refractivity contribution in [1.82, 2.24) is 19.9 Å². The standard InChI is InChI=1S/C26H36FN5O2/c27-21-17-28-16-20-23(21)29-25(30-24(20)32-11-3-14-33-15-13-32)34-18-26-8-1-4-22(26)31(10-2-9-26)12-7-19-5-6-19/h16-17,19,22H,1-15,18H2/t22-,26-/m1/s1. The fraction of sp³-hybridized carbons (Fsp3) is 0.731. The summed E-state index contributed by atoms with van der Waals surface area (Å²) in [6.45, 7) is 5.93. The van der Waals surface area contributed by atoms with E-state index in [9.17, 15) is 4.39 Å². The van der Waals surface area contributed by atoms with Crippen LogP contribution in [-0.4, -0.2) is 71.9 Å². The van der Waals surface area contributed by atoms with Gasteiger partial charge < -0.3 is 14.4 Å². The topological polar surface area (TPSA) is 63.6 Å². The van der Waals surface area contributed by atoms with Crippen molar-refractivity contribution in [2.75, 3.05) is 50.9 Å². The Morgan fingerprint density at radius 2 is 1.94 bits per heavy atom. The second-order valence-electron chi connectivity index (χ2n) is 10.7. The molecule has 8 heteroatoms. The molecule has 2 aromatic heterocycles. The maximum absolute atomic E-state index is 14.8. The lowest BCUT2D eigenvalue weighted by atomic mass is 9.75. The van der Waals surface area contributed by atoms with Crippen LogP contribution in [0.2, 0.25) is 0 Å². The molecule has 4 fully saturated rings. The molecule has 7 nitrogen and oxygen atoms in total. The molecule has 0 unspecified atom stereocenters. The Kier molecular flexibility index (Phi) is 6.28. The molecular weight excluding hydrogens is 433 g/mol. The molecule has 0 radical (unpaired) electrons. The largest absolute Gasteiger partial charge is 0.463 e. The number of piperidine rings is 1. The Hall–Kier alpha value is -2.06. The first-order valence-electron chi connectivity index (χ1n) is 13.2. The number of anilines is 1. The summed E-state index contributed by atoms with van der Waals surface area (Å²) in [5.74, 6) is 1.23. The van der Waals surface area contributed by atoms with Crippen LogP contribution in [-0.2, 0) is 4.74 Å². The van der Waals surface area contributed by atoms with Gasteiger partial charge in [0.15, 0.2) is 5.82 Å². The van der Waals surface area contributed by atoms with E-state index in [1.54, 1.807) is 6.20 Å². The van der Waals surface area contributed by atoms with Crippen molar-refractivity contribution in [1.29, 1.82) is 0 Å². The third-order valence-corrected chi connectivity index (χ3v) is 8.47. The molecular formula is C26H36FN5O2. The molecule has 2 saturated heterocycles. The van der Waals surface area contributed by atoms with Crippen LogP contribution < -0.4 is 9.64 Å². The Bertz CT molecular complexity index is 1010. The first-order chi connectivity index (χ1) is 16.7. The minimum Gasteiger partial charge on any atom is -0.463 e. The van der Waals surface area contributed by atoms with Gasteiger partial charge in [0.2, 0.25) is 0 Å². The lowest BCUT2D eigenvalue weighted by Gasteiger charge is -2.46. The molecule has 2 aliphatic carbocycles. The Morgan fingerprint density at radius 1 is 1.03 bits per heavy atom. The highest BCUT2D eigenvalue weighted by molar-refractivity contribution is 5.89. The molecule has 2 aromatic rings. The summed E-state index contributed by atoms with van der Waals surface area (Å²) in [4.78, 5) is 18.3. The van der Waals surface area contributed by atoms with E-state index in [2.05, 4.69) is 19.8 Å². The van der Waals surface area contributed by atoms with E-state index in [1.807, 2.05) is 0 Å². The number of likely N-dealkylation sites (tertiary alicyclic amines) is 1. The number of hydrogen-bond acceptors (Lipinski definition) is 7. The van der Waals surface area contributed by atoms with E-state index in [1.165, 1.54) is 70.7 Å². The van der Waals surface area contributed by atoms with Crippen LogP contribution in [0.3, 0.4) is 0 Å². The van der Waals surface area contributed by atoms with Crippen molar-refractivity contribution >= 4 is 16.7 Å². The van der Waals surface area contributed by atoms with E-state index < -0.39 is 5.82 Å². The maximum atomic E-state index is 14.8. The lowest BCUT2D eigenvalue weighted by molar-refractivity contribution is -0.00133. The van der Waals surface area contributed by atoms with Crippen molar-refractivity contribution < 1.29 is 13.9 Å². The van der Waals surface area contributed by atoms with Crippen LogP contribution in [0, 0.1) is 17.2 Å². The van der Waals surface area contributed by atoms with Crippen molar-refractivity contribution in [3.05, 3.63) is 18.2 Å². The predicted octanol–water partition coefficient (Wildman–Crippen LogP) is 4.20. The zero-order valence-corrected chi connectivity index (χ0v) is 20.1. The maximum Gasteiger partial charge on any atom is 0.319 e. The second kappa shape index (κ2) is 9.53. The minimum atomic E-state index is -0.433. The molecule has 184 valence electrons. The van der Waals surface area contributed by atoms with E-state index in [0.29, 0.717) is 37.0 Å². The zero-order valence-electron chi connectivity index (χ0n) is 20.1. The number of nitrogens with zero attached hydrogens (tertiary/aromatic N) is 5. The Balaban J connectivity index is 1.25. The van der Waals surface area contributed by atoms with Gasteiger partial charge in [-0.15, -0.1) is 0 Å². The Morgan fingerprint density at radius 3 is 2.85 bits per heavy atom. The van der Waals surface area contributed by atoms with E-state index in [4.69, 9.17) is 14.5 Å². The quantitative estimate of drug-likeness (QED) is 0.602. The third kappa shape index (κ3) is 4.47. The van der Waals surface area contributed by atoms with Crippen molar-refractivity contribution in [2.45, 2.75) is 63.8 Å². The molecule has 0 spiro atoms. The highest BCUT2D eigenvalue weighted by Gasteiger charge is 2.48. The smallest absolute Gasteiger partial charge is 0.319 e. The average Bonchev–Trinajstić information content (AvgIpc) is 3.64. The van der Waals surface area contributed by atoms with E-state index >= 15 is 0 Å². The van der Waals surface area contributed by atoms with Gasteiger partial charge in [-0.3, -0.25) is 9.88 Å². The fourth-order valence-corrected chi connectivity index (χ4v) is 6.48. The molecule has 4 aliphatic rings. The normalized spacial score (nSPS) is 28.1. The van der Waals surface area contributed by atoms with Gasteiger partial charge in [0.1, 0.15) is 11.3 Å². The van der Waals surface area contributed by atoms with Crippen LogP contribution in [0.15, 0.2) is 12.4 Å². The number of fused-ring (bicyclic) bond motifs is 2. The number of ether oxygens (including phenoxy) is 2. The van der Waals surface area contributed by atoms with Crippen LogP contribution in [0.1, 0.15) is 57.8 Å². The van der Waals surface area contributed by atoms with Crippen LogP contribution in [0.5, 0.6) is 6.01 Å². The van der Waals surface area contributed by atoms with Gasteiger partial charge >= 0.3 is 6.01 Å². The first-order valence-corrected chi connectivity index (χ1v) is 13.2. The lowest BCUT2D eigenvalue weighted by Crippen LogP contribution is -2.52. The molecule has 2 saturated carbocycles. The minimum absolute atomic E-state index is 0.160. The van der Waals surface area contributed by atoms with Gasteiger partial charge in [0, 0.05) is 37.4 Å². The molecule has 0 amide bonds. The van der Waals surface area contributed by atoms with Crippen molar-refractivity contribution in [2.24, 2.45) is 11.3 Å². The molecule has 4 heterocycles. The van der Waals surface area contributed by atoms with Crippen LogP contribution in [0.25, 0.3) is 10.9 Å². The van der Waals surface area contributed by atoms with Crippen LogP contribution >= 0.6 is 0 Å². The first kappa shape index (κ1) is 22.4. The SMILES string of the molecule is Fc1cncc2c(N3CCCOCC3)nc(OC[C@]34CCC[C@H]3N(CCC3CC3)CCC4)nc12. The summed E-state index contributed by atoms with van der Waals surface area (Å²) in [5, 5.41) is 0.634. The zero-order chi connectivity index (χ0) is 23.0. The molecule has 34 heavy (non-hydrogen) atoms. The van der Waals surface area contributed by atoms with Gasteiger partial charge in [-0.1, -0.05) is 19.3 Å². The highest BCUT2D eigenvalue weighted by Crippen LogP contribution is 2.48. The van der Waals surface area contributed by atoms with Crippen molar-refractivity contribution in [3.63, 3.8) is 0 Å². The average molecular weight is 470 g/mol. The van der Waals surface area contributed by atoms with Gasteiger partial charge in [0.05, 0.1) is 24.8 Å². The number of aromatic nitrogens is 3. The summed E-state index contributed by atoms with van der Waals surface area (Å²) in [5.41, 5.74) is 0.448. The predicted molar refractivity (Wildman–Crippen MR) is 129 cm³/mol. The summed E-state index contributed by atoms with van der Waals surface area (Å²) < 4.78 is 26.7. The van der Waals surface area contributed by atoms with E-state index in [-0.39, 0.29) is 16.9 Å². The number of rotatable bonds is 7. The monoisotopic (exact) mass is 469 g/mol. The number of hydrogen-bond donors (Lipinski definition) is 0. The summed E-state index contributed by atoms with van der Waals surface area (Å²) >= 11 is 0. The summed E-state index contributed by atoms with van der Waals surface area (Å²) in [7, 11) is 0. The van der Waals surface area contributed by atoms with E-state index in [0.717, 1.165) is 25.5 Å². The van der Waals surface area contributed by atoms with Gasteiger partial charge in [0.25, 0.3) is 0 Å². The highest BCUT2D eigenvalue weighted by atomic mass is 19.1. The third-order valence-electron chi connectivity index (χ3n) is 8.47.